The van der Waals surface area contributed by atoms with Gasteiger partial charge in [0.1, 0.15) is 17.3 Å². The lowest BCUT2D eigenvalue weighted by atomic mass is 10.1. The van der Waals surface area contributed by atoms with Gasteiger partial charge >= 0.3 is 0 Å². The van der Waals surface area contributed by atoms with Gasteiger partial charge in [0.2, 0.25) is 10.0 Å². The molecule has 0 saturated heterocycles. The highest BCUT2D eigenvalue weighted by atomic mass is 32.2. The molecule has 0 radical (unpaired) electrons. The minimum absolute atomic E-state index is 0.0634. The molecule has 0 bridgehead atoms. The summed E-state index contributed by atoms with van der Waals surface area (Å²) in [5, 5.41) is 16.9. The molecule has 0 saturated carbocycles. The molecule has 0 aliphatic heterocycles. The first-order valence-corrected chi connectivity index (χ1v) is 13.4. The lowest BCUT2D eigenvalue weighted by Gasteiger charge is -2.21. The van der Waals surface area contributed by atoms with Gasteiger partial charge in [0.25, 0.3) is 5.91 Å². The molecule has 1 N–H and O–H groups in total. The number of aromatic nitrogens is 2. The molecule has 0 fully saturated rings. The van der Waals surface area contributed by atoms with Crippen LogP contribution in [0.2, 0.25) is 0 Å². The molecule has 0 aliphatic carbocycles. The molecule has 0 spiro atoms. The molecule has 1 heterocycles. The van der Waals surface area contributed by atoms with Gasteiger partial charge in [-0.05, 0) is 50.1 Å². The minimum Gasteiger partial charge on any atom is -0.352 e. The number of hydrogen-bond donors (Lipinski definition) is 1. The Labute approximate surface area is 212 Å². The number of sulfonamides is 1. The Hall–Kier alpha value is -3.74. The van der Waals surface area contributed by atoms with E-state index in [-0.39, 0.29) is 10.5 Å². The number of hydrogen-bond acceptors (Lipinski definition) is 5. The van der Waals surface area contributed by atoms with Crippen molar-refractivity contribution in [3.63, 3.8) is 0 Å². The molecule has 0 aliphatic rings. The van der Waals surface area contributed by atoms with E-state index in [1.165, 1.54) is 10.4 Å². The Kier molecular flexibility index (Phi) is 9.17. The summed E-state index contributed by atoms with van der Waals surface area (Å²) in [6.45, 7) is 6.94. The third kappa shape index (κ3) is 6.08. The minimum atomic E-state index is -3.70. The number of likely N-dealkylation sites (N-methyl/N-ethyl adjacent to an activating group) is 1. The van der Waals surface area contributed by atoms with Crippen LogP contribution in [0.4, 0.5) is 0 Å². The molecule has 2 aromatic carbocycles. The fraction of sp³-hybridized carbons (Fsp3) is 0.296. The second-order valence-electron chi connectivity index (χ2n) is 8.17. The van der Waals surface area contributed by atoms with Gasteiger partial charge in [-0.1, -0.05) is 44.2 Å². The third-order valence-corrected chi connectivity index (χ3v) is 7.35. The highest BCUT2D eigenvalue weighted by Crippen LogP contribution is 2.29. The van der Waals surface area contributed by atoms with Gasteiger partial charge in [-0.15, -0.1) is 0 Å². The van der Waals surface area contributed by atoms with E-state index in [0.29, 0.717) is 49.3 Å². The topological polar surface area (TPSA) is 108 Å². The maximum Gasteiger partial charge on any atom is 0.261 e. The van der Waals surface area contributed by atoms with Crippen LogP contribution in [-0.4, -0.2) is 48.0 Å². The van der Waals surface area contributed by atoms with Crippen molar-refractivity contribution in [2.75, 3.05) is 19.6 Å². The summed E-state index contributed by atoms with van der Waals surface area (Å²) >= 11 is 0. The van der Waals surface area contributed by atoms with E-state index < -0.39 is 15.9 Å². The average molecular weight is 506 g/mol. The van der Waals surface area contributed by atoms with Gasteiger partial charge < -0.3 is 5.32 Å². The summed E-state index contributed by atoms with van der Waals surface area (Å²) in [6.07, 6.45) is 4.63. The summed E-state index contributed by atoms with van der Waals surface area (Å²) in [6, 6.07) is 18.0. The molecule has 9 heteroatoms. The molecular weight excluding hydrogens is 474 g/mol. The van der Waals surface area contributed by atoms with E-state index in [1.807, 2.05) is 50.2 Å². The van der Waals surface area contributed by atoms with Crippen LogP contribution in [0.1, 0.15) is 39.2 Å². The van der Waals surface area contributed by atoms with Crippen LogP contribution in [-0.2, 0) is 14.8 Å². The standard InChI is InChI=1S/C27H31N5O3S/c1-4-15-31(16-5-2)36(34,35)25-14-10-11-21(18-25)26-23(17-22(19-28)27(33)29-6-3)20-32(30-26)24-12-8-7-9-13-24/h7-14,17-18,20H,4-6,15-16H2,1-3H3,(H,29,33)/b22-17-. The number of amides is 1. The molecule has 1 aromatic heterocycles. The summed E-state index contributed by atoms with van der Waals surface area (Å²) in [5.41, 5.74) is 2.28. The van der Waals surface area contributed by atoms with E-state index >= 15 is 0 Å². The van der Waals surface area contributed by atoms with Crippen molar-refractivity contribution in [3.05, 3.63) is 71.9 Å². The molecule has 8 nitrogen and oxygen atoms in total. The summed E-state index contributed by atoms with van der Waals surface area (Å²) in [7, 11) is -3.70. The first-order chi connectivity index (χ1) is 17.3. The largest absolute Gasteiger partial charge is 0.352 e. The highest BCUT2D eigenvalue weighted by molar-refractivity contribution is 7.89. The number of nitrogens with zero attached hydrogens (tertiary/aromatic N) is 4. The quantitative estimate of drug-likeness (QED) is 0.307. The predicted molar refractivity (Wildman–Crippen MR) is 141 cm³/mol. The zero-order chi connectivity index (χ0) is 26.1. The maximum atomic E-state index is 13.4. The van der Waals surface area contributed by atoms with E-state index in [1.54, 1.807) is 42.1 Å². The number of nitriles is 1. The Morgan fingerprint density at radius 2 is 1.78 bits per heavy atom. The first-order valence-electron chi connectivity index (χ1n) is 12.0. The summed E-state index contributed by atoms with van der Waals surface area (Å²) in [5.74, 6) is -0.482. The summed E-state index contributed by atoms with van der Waals surface area (Å²) < 4.78 is 29.9. The van der Waals surface area contributed by atoms with E-state index in [0.717, 1.165) is 5.69 Å². The lowest BCUT2D eigenvalue weighted by molar-refractivity contribution is -0.116. The van der Waals surface area contributed by atoms with E-state index in [9.17, 15) is 18.5 Å². The molecule has 1 amide bonds. The highest BCUT2D eigenvalue weighted by Gasteiger charge is 2.24. The smallest absolute Gasteiger partial charge is 0.261 e. The lowest BCUT2D eigenvalue weighted by Crippen LogP contribution is -2.32. The van der Waals surface area contributed by atoms with Crippen molar-refractivity contribution < 1.29 is 13.2 Å². The second-order valence-corrected chi connectivity index (χ2v) is 10.1. The van der Waals surface area contributed by atoms with Crippen molar-refractivity contribution in [2.24, 2.45) is 0 Å². The van der Waals surface area contributed by atoms with E-state index in [2.05, 4.69) is 5.32 Å². The number of carbonyl (C=O) groups excluding carboxylic acids is 1. The Morgan fingerprint density at radius 3 is 2.39 bits per heavy atom. The van der Waals surface area contributed by atoms with Gasteiger partial charge in [-0.25, -0.2) is 13.1 Å². The van der Waals surface area contributed by atoms with Gasteiger partial charge in [0, 0.05) is 37.0 Å². The molecule has 3 aromatic rings. The fourth-order valence-corrected chi connectivity index (χ4v) is 5.46. The first kappa shape index (κ1) is 26.9. The van der Waals surface area contributed by atoms with Crippen molar-refractivity contribution in [3.8, 4) is 23.0 Å². The third-order valence-electron chi connectivity index (χ3n) is 5.46. The van der Waals surface area contributed by atoms with Crippen molar-refractivity contribution >= 4 is 22.0 Å². The van der Waals surface area contributed by atoms with Crippen LogP contribution in [0.15, 0.2) is 71.3 Å². The fourth-order valence-electron chi connectivity index (χ4n) is 3.79. The predicted octanol–water partition coefficient (Wildman–Crippen LogP) is 4.39. The Morgan fingerprint density at radius 1 is 1.08 bits per heavy atom. The Bertz CT molecular complexity index is 1370. The number of para-hydroxylation sites is 1. The van der Waals surface area contributed by atoms with Crippen LogP contribution in [0.5, 0.6) is 0 Å². The monoisotopic (exact) mass is 505 g/mol. The van der Waals surface area contributed by atoms with Gasteiger partial charge in [-0.3, -0.25) is 4.79 Å². The van der Waals surface area contributed by atoms with Gasteiger partial charge in [0.05, 0.1) is 10.6 Å². The molecule has 0 atom stereocenters. The van der Waals surface area contributed by atoms with E-state index in [4.69, 9.17) is 5.10 Å². The number of benzene rings is 2. The molecule has 3 rings (SSSR count). The van der Waals surface area contributed by atoms with Gasteiger partial charge in [0.15, 0.2) is 0 Å². The van der Waals surface area contributed by atoms with Crippen LogP contribution >= 0.6 is 0 Å². The van der Waals surface area contributed by atoms with Crippen molar-refractivity contribution in [2.45, 2.75) is 38.5 Å². The average Bonchev–Trinajstić information content (AvgIpc) is 3.32. The van der Waals surface area contributed by atoms with Gasteiger partial charge in [-0.2, -0.15) is 14.7 Å². The van der Waals surface area contributed by atoms with Crippen LogP contribution in [0.25, 0.3) is 23.0 Å². The normalized spacial score (nSPS) is 11.9. The molecule has 0 unspecified atom stereocenters. The van der Waals surface area contributed by atoms with Crippen LogP contribution in [0, 0.1) is 11.3 Å². The zero-order valence-electron chi connectivity index (χ0n) is 20.8. The number of nitrogens with one attached hydrogen (secondary N) is 1. The molecule has 36 heavy (non-hydrogen) atoms. The SMILES string of the molecule is CCCN(CCC)S(=O)(=O)c1cccc(-c2nn(-c3ccccc3)cc2/C=C(/C#N)C(=O)NCC)c1. The van der Waals surface area contributed by atoms with Crippen LogP contribution in [0.3, 0.4) is 0 Å². The Balaban J connectivity index is 2.16. The molecule has 188 valence electrons. The van der Waals surface area contributed by atoms with Crippen LogP contribution < -0.4 is 5.32 Å². The number of rotatable bonds is 11. The maximum absolute atomic E-state index is 13.4. The number of carbonyl (C=O) groups is 1. The second kappa shape index (κ2) is 12.3. The summed E-state index contributed by atoms with van der Waals surface area (Å²) in [4.78, 5) is 12.5. The molecular formula is C27H31N5O3S. The van der Waals surface area contributed by atoms with Crippen molar-refractivity contribution in [1.82, 2.24) is 19.4 Å². The van der Waals surface area contributed by atoms with Crippen molar-refractivity contribution in [1.29, 1.82) is 5.26 Å². The zero-order valence-corrected chi connectivity index (χ0v) is 21.6.